The molecule has 1 aromatic carbocycles. The molecule has 2 atom stereocenters. The Bertz CT molecular complexity index is 810. The van der Waals surface area contributed by atoms with E-state index < -0.39 is 36.1 Å². The number of amides is 5. The number of aryl methyl sites for hydroxylation is 1. The van der Waals surface area contributed by atoms with E-state index in [1.165, 1.54) is 12.1 Å². The molecule has 144 valence electrons. The van der Waals surface area contributed by atoms with Crippen LogP contribution in [0, 0.1) is 18.7 Å². The molecule has 1 aliphatic heterocycles. The summed E-state index contributed by atoms with van der Waals surface area (Å²) < 4.78 is 13.6. The molecule has 1 aromatic rings. The first-order valence-electron chi connectivity index (χ1n) is 9.04. The van der Waals surface area contributed by atoms with Crippen molar-refractivity contribution in [3.05, 3.63) is 29.6 Å². The minimum absolute atomic E-state index is 0.115. The van der Waals surface area contributed by atoms with Gasteiger partial charge >= 0.3 is 17.8 Å². The predicted octanol–water partition coefficient (Wildman–Crippen LogP) is 2.44. The van der Waals surface area contributed by atoms with E-state index in [4.69, 9.17) is 0 Å². The van der Waals surface area contributed by atoms with Crippen LogP contribution in [0.25, 0.3) is 0 Å². The van der Waals surface area contributed by atoms with Crippen LogP contribution in [0.2, 0.25) is 0 Å². The van der Waals surface area contributed by atoms with Crippen LogP contribution in [0.15, 0.2) is 18.2 Å². The molecule has 27 heavy (non-hydrogen) atoms. The molecule has 1 N–H and O–H groups in total. The molecule has 3 rings (SSSR count). The highest BCUT2D eigenvalue weighted by Gasteiger charge is 2.49. The van der Waals surface area contributed by atoms with Gasteiger partial charge in [-0.25, -0.2) is 14.1 Å². The number of rotatable bonds is 4. The van der Waals surface area contributed by atoms with Crippen molar-refractivity contribution >= 4 is 29.4 Å². The van der Waals surface area contributed by atoms with Crippen LogP contribution >= 0.6 is 0 Å². The maximum atomic E-state index is 13.6. The maximum Gasteiger partial charge on any atom is 0.334 e. The van der Waals surface area contributed by atoms with Gasteiger partial charge in [-0.2, -0.15) is 0 Å². The lowest BCUT2D eigenvalue weighted by atomic mass is 9.85. The smallest absolute Gasteiger partial charge is 0.324 e. The van der Waals surface area contributed by atoms with Gasteiger partial charge in [-0.05, 0) is 43.4 Å². The van der Waals surface area contributed by atoms with Gasteiger partial charge < -0.3 is 5.32 Å². The largest absolute Gasteiger partial charge is 0.334 e. The number of hydrogen-bond donors (Lipinski definition) is 1. The maximum absolute atomic E-state index is 13.6. The first-order chi connectivity index (χ1) is 12.8. The lowest BCUT2D eigenvalue weighted by Gasteiger charge is -2.34. The number of benzene rings is 1. The third-order valence-electron chi connectivity index (χ3n) is 5.24. The molecular formula is C19H22FN3O4. The highest BCUT2D eigenvalue weighted by molar-refractivity contribution is 6.45. The summed E-state index contributed by atoms with van der Waals surface area (Å²) in [5.41, 5.74) is 0.645. The molecule has 0 radical (unpaired) electrons. The van der Waals surface area contributed by atoms with E-state index >= 15 is 0 Å². The molecule has 8 heteroatoms. The average Bonchev–Trinajstić information content (AvgIpc) is 2.82. The SMILES string of the molecule is Cc1ccc(NC(=O)CN2C(=O)C(=O)N([C@@H]3CCCC[C@H]3C)C2=O)cc1F. The van der Waals surface area contributed by atoms with Gasteiger partial charge in [0.15, 0.2) is 0 Å². The van der Waals surface area contributed by atoms with Crippen molar-refractivity contribution < 1.29 is 23.6 Å². The van der Waals surface area contributed by atoms with Gasteiger partial charge in [-0.3, -0.25) is 19.3 Å². The summed E-state index contributed by atoms with van der Waals surface area (Å²) in [4.78, 5) is 51.1. The highest BCUT2D eigenvalue weighted by Crippen LogP contribution is 2.31. The van der Waals surface area contributed by atoms with Gasteiger partial charge in [0.1, 0.15) is 12.4 Å². The van der Waals surface area contributed by atoms with E-state index in [1.807, 2.05) is 6.92 Å². The van der Waals surface area contributed by atoms with Gasteiger partial charge in [0, 0.05) is 11.7 Å². The zero-order valence-electron chi connectivity index (χ0n) is 15.3. The van der Waals surface area contributed by atoms with E-state index in [0.717, 1.165) is 30.2 Å². The van der Waals surface area contributed by atoms with Crippen molar-refractivity contribution in [2.45, 2.75) is 45.6 Å². The van der Waals surface area contributed by atoms with Crippen molar-refractivity contribution in [1.29, 1.82) is 0 Å². The van der Waals surface area contributed by atoms with Crippen LogP contribution in [0.4, 0.5) is 14.9 Å². The minimum Gasteiger partial charge on any atom is -0.324 e. The molecule has 0 aromatic heterocycles. The quantitative estimate of drug-likeness (QED) is 0.647. The summed E-state index contributed by atoms with van der Waals surface area (Å²) in [6.45, 7) is 2.96. The fraction of sp³-hybridized carbons (Fsp3) is 0.474. The fourth-order valence-corrected chi connectivity index (χ4v) is 3.65. The molecule has 2 aliphatic rings. The van der Waals surface area contributed by atoms with Crippen LogP contribution in [-0.4, -0.2) is 46.1 Å². The van der Waals surface area contributed by atoms with E-state index in [1.54, 1.807) is 6.92 Å². The number of carbonyl (C=O) groups excluding carboxylic acids is 4. The summed E-state index contributed by atoms with van der Waals surface area (Å²) in [6, 6.07) is 3.11. The Hall–Kier alpha value is -2.77. The van der Waals surface area contributed by atoms with Crippen LogP contribution in [0.3, 0.4) is 0 Å². The predicted molar refractivity (Wildman–Crippen MR) is 95.1 cm³/mol. The molecule has 1 saturated heterocycles. The Morgan fingerprint density at radius 3 is 2.56 bits per heavy atom. The van der Waals surface area contributed by atoms with Gasteiger partial charge in [0.05, 0.1) is 0 Å². The van der Waals surface area contributed by atoms with Gasteiger partial charge in [0.25, 0.3) is 0 Å². The van der Waals surface area contributed by atoms with Crippen molar-refractivity contribution in [3.8, 4) is 0 Å². The Balaban J connectivity index is 1.70. The zero-order chi connectivity index (χ0) is 19.7. The molecule has 7 nitrogen and oxygen atoms in total. The standard InChI is InChI=1S/C19H22FN3O4/c1-11-7-8-13(9-14(11)20)21-16(24)10-22-17(25)18(26)23(19(22)27)15-6-4-3-5-12(15)2/h7-9,12,15H,3-6,10H2,1-2H3,(H,21,24)/t12-,15-/m1/s1. The highest BCUT2D eigenvalue weighted by atomic mass is 19.1. The van der Waals surface area contributed by atoms with Crippen molar-refractivity contribution in [2.24, 2.45) is 5.92 Å². The van der Waals surface area contributed by atoms with E-state index in [-0.39, 0.29) is 17.6 Å². The lowest BCUT2D eigenvalue weighted by molar-refractivity contribution is -0.145. The number of urea groups is 1. The van der Waals surface area contributed by atoms with Crippen LogP contribution in [-0.2, 0) is 14.4 Å². The fourth-order valence-electron chi connectivity index (χ4n) is 3.65. The van der Waals surface area contributed by atoms with Gasteiger partial charge in [-0.15, -0.1) is 0 Å². The second-order valence-electron chi connectivity index (χ2n) is 7.19. The molecule has 0 unspecified atom stereocenters. The number of nitrogens with one attached hydrogen (secondary N) is 1. The molecule has 2 fully saturated rings. The number of halogens is 1. The third-order valence-corrected chi connectivity index (χ3v) is 5.24. The molecule has 5 amide bonds. The van der Waals surface area contributed by atoms with Gasteiger partial charge in [-0.1, -0.05) is 25.8 Å². The van der Waals surface area contributed by atoms with Crippen LogP contribution in [0.1, 0.15) is 38.2 Å². The van der Waals surface area contributed by atoms with Gasteiger partial charge in [0.2, 0.25) is 5.91 Å². The monoisotopic (exact) mass is 375 g/mol. The second kappa shape index (κ2) is 7.46. The summed E-state index contributed by atoms with van der Waals surface area (Å²) in [5.74, 6) is -2.92. The van der Waals surface area contributed by atoms with Crippen LogP contribution < -0.4 is 5.32 Å². The first kappa shape index (κ1) is 19.0. The summed E-state index contributed by atoms with van der Waals surface area (Å²) in [7, 11) is 0. The Kier molecular flexibility index (Phi) is 5.25. The summed E-state index contributed by atoms with van der Waals surface area (Å²) >= 11 is 0. The van der Waals surface area contributed by atoms with Crippen molar-refractivity contribution in [3.63, 3.8) is 0 Å². The lowest BCUT2D eigenvalue weighted by Crippen LogP contribution is -2.46. The zero-order valence-corrected chi connectivity index (χ0v) is 15.3. The minimum atomic E-state index is -0.997. The number of hydrogen-bond acceptors (Lipinski definition) is 4. The topological polar surface area (TPSA) is 86.8 Å². The third kappa shape index (κ3) is 3.70. The van der Waals surface area contributed by atoms with E-state index in [0.29, 0.717) is 16.9 Å². The van der Waals surface area contributed by atoms with Crippen molar-refractivity contribution in [2.75, 3.05) is 11.9 Å². The Labute approximate surface area is 156 Å². The van der Waals surface area contributed by atoms with Crippen molar-refractivity contribution in [1.82, 2.24) is 9.80 Å². The van der Waals surface area contributed by atoms with E-state index in [2.05, 4.69) is 5.32 Å². The normalized spacial score (nSPS) is 23.1. The van der Waals surface area contributed by atoms with Crippen LogP contribution in [0.5, 0.6) is 0 Å². The average molecular weight is 375 g/mol. The molecular weight excluding hydrogens is 353 g/mol. The summed E-state index contributed by atoms with van der Waals surface area (Å²) in [5, 5.41) is 2.44. The second-order valence-corrected chi connectivity index (χ2v) is 7.19. The molecule has 1 saturated carbocycles. The number of carbonyl (C=O) groups is 4. The van der Waals surface area contributed by atoms with E-state index in [9.17, 15) is 23.6 Å². The first-order valence-corrected chi connectivity index (χ1v) is 9.04. The Morgan fingerprint density at radius 1 is 1.19 bits per heavy atom. The molecule has 0 spiro atoms. The summed E-state index contributed by atoms with van der Waals surface area (Å²) in [6.07, 6.45) is 3.46. The number of anilines is 1. The molecule has 1 aliphatic carbocycles. The molecule has 1 heterocycles. The number of imide groups is 2. The number of nitrogens with zero attached hydrogens (tertiary/aromatic N) is 2. The molecule has 0 bridgehead atoms. The Morgan fingerprint density at radius 2 is 1.89 bits per heavy atom.